The molecule has 0 aliphatic carbocycles. The van der Waals surface area contributed by atoms with Crippen LogP contribution in [-0.4, -0.2) is 20.4 Å². The number of para-hydroxylation sites is 1. The van der Waals surface area contributed by atoms with Crippen molar-refractivity contribution in [2.75, 3.05) is 5.43 Å². The van der Waals surface area contributed by atoms with Crippen molar-refractivity contribution in [3.63, 3.8) is 0 Å². The number of rotatable bonds is 5. The van der Waals surface area contributed by atoms with Gasteiger partial charge in [0.2, 0.25) is 5.82 Å². The lowest BCUT2D eigenvalue weighted by Crippen LogP contribution is -2.40. The Labute approximate surface area is 127 Å². The minimum Gasteiger partial charge on any atom is -0.434 e. The third kappa shape index (κ3) is 4.13. The van der Waals surface area contributed by atoms with Crippen LogP contribution in [0.25, 0.3) is 0 Å². The summed E-state index contributed by atoms with van der Waals surface area (Å²) in [6.07, 6.45) is 1.21. The summed E-state index contributed by atoms with van der Waals surface area (Å²) in [5.74, 6) is 0.379. The number of nitro groups is 1. The number of hydrogen-bond acceptors (Lipinski definition) is 7. The Balaban J connectivity index is 2.32. The fourth-order valence-electron chi connectivity index (χ4n) is 1.54. The molecule has 0 atom stereocenters. The molecule has 22 heavy (non-hydrogen) atoms. The van der Waals surface area contributed by atoms with E-state index in [-0.39, 0.29) is 22.9 Å². The number of hydrogen-bond donors (Lipinski definition) is 2. The lowest BCUT2D eigenvalue weighted by atomic mass is 10.1. The molecule has 0 aliphatic heterocycles. The van der Waals surface area contributed by atoms with Crippen molar-refractivity contribution in [1.82, 2.24) is 15.4 Å². The lowest BCUT2D eigenvalue weighted by Gasteiger charge is -2.21. The fourth-order valence-corrected chi connectivity index (χ4v) is 1.54. The van der Waals surface area contributed by atoms with Crippen LogP contribution in [0, 0.1) is 10.1 Å². The van der Waals surface area contributed by atoms with Gasteiger partial charge in [-0.05, 0) is 32.9 Å². The van der Waals surface area contributed by atoms with E-state index in [4.69, 9.17) is 4.74 Å². The monoisotopic (exact) mass is 303 g/mol. The molecule has 1 aromatic carbocycles. The van der Waals surface area contributed by atoms with Gasteiger partial charge in [0.05, 0.1) is 4.92 Å². The van der Waals surface area contributed by atoms with Gasteiger partial charge in [-0.15, -0.1) is 0 Å². The van der Waals surface area contributed by atoms with Crippen molar-refractivity contribution in [1.29, 1.82) is 0 Å². The number of nitrogens with zero attached hydrogens (tertiary/aromatic N) is 3. The van der Waals surface area contributed by atoms with Crippen LogP contribution in [-0.2, 0) is 0 Å². The van der Waals surface area contributed by atoms with E-state index in [9.17, 15) is 10.1 Å². The molecule has 2 rings (SSSR count). The normalized spacial score (nSPS) is 11.0. The van der Waals surface area contributed by atoms with Crippen LogP contribution >= 0.6 is 0 Å². The molecule has 8 heteroatoms. The first-order chi connectivity index (χ1) is 10.4. The zero-order valence-electron chi connectivity index (χ0n) is 12.5. The predicted octanol–water partition coefficient (Wildman–Crippen LogP) is 2.89. The number of hydrazine groups is 1. The first-order valence-electron chi connectivity index (χ1n) is 6.62. The molecule has 0 saturated heterocycles. The lowest BCUT2D eigenvalue weighted by molar-refractivity contribution is -0.385. The summed E-state index contributed by atoms with van der Waals surface area (Å²) in [4.78, 5) is 18.5. The highest BCUT2D eigenvalue weighted by Crippen LogP contribution is 2.33. The number of aromatic nitrogens is 2. The molecule has 0 aliphatic rings. The molecule has 1 heterocycles. The minimum atomic E-state index is -0.578. The third-order valence-electron chi connectivity index (χ3n) is 2.48. The number of nitrogens with one attached hydrogen (secondary N) is 2. The van der Waals surface area contributed by atoms with Crippen LogP contribution in [0.1, 0.15) is 20.8 Å². The molecule has 8 nitrogen and oxygen atoms in total. The van der Waals surface area contributed by atoms with Crippen LogP contribution in [0.3, 0.4) is 0 Å². The maximum Gasteiger partial charge on any atom is 0.374 e. The van der Waals surface area contributed by atoms with Crippen LogP contribution in [0.4, 0.5) is 11.5 Å². The molecular weight excluding hydrogens is 286 g/mol. The van der Waals surface area contributed by atoms with E-state index in [0.29, 0.717) is 5.75 Å². The topological polar surface area (TPSA) is 102 Å². The van der Waals surface area contributed by atoms with E-state index < -0.39 is 4.92 Å². The summed E-state index contributed by atoms with van der Waals surface area (Å²) in [6.45, 7) is 5.73. The molecule has 116 valence electrons. The second-order valence-electron chi connectivity index (χ2n) is 5.55. The van der Waals surface area contributed by atoms with Gasteiger partial charge in [0.15, 0.2) is 0 Å². The second-order valence-corrected chi connectivity index (χ2v) is 5.55. The average Bonchev–Trinajstić information content (AvgIpc) is 2.45. The van der Waals surface area contributed by atoms with Gasteiger partial charge in [0.1, 0.15) is 12.1 Å². The molecule has 2 aromatic rings. The minimum absolute atomic E-state index is 0.0425. The number of anilines is 1. The summed E-state index contributed by atoms with van der Waals surface area (Å²) in [6, 6.07) is 8.73. The van der Waals surface area contributed by atoms with Crippen molar-refractivity contribution in [2.24, 2.45) is 0 Å². The van der Waals surface area contributed by atoms with E-state index in [1.54, 1.807) is 24.3 Å². The molecule has 0 saturated carbocycles. The highest BCUT2D eigenvalue weighted by Gasteiger charge is 2.25. The molecule has 0 fully saturated rings. The SMILES string of the molecule is CC(C)(C)NNc1ncnc(Oc2ccccc2)c1[N+](=O)[O-]. The van der Waals surface area contributed by atoms with Crippen molar-refractivity contribution < 1.29 is 9.66 Å². The van der Waals surface area contributed by atoms with Gasteiger partial charge in [-0.2, -0.15) is 4.98 Å². The Hall–Kier alpha value is -2.74. The van der Waals surface area contributed by atoms with Gasteiger partial charge in [-0.1, -0.05) is 18.2 Å². The molecule has 1 aromatic heterocycles. The van der Waals surface area contributed by atoms with Gasteiger partial charge in [-0.3, -0.25) is 15.5 Å². The first-order valence-corrected chi connectivity index (χ1v) is 6.62. The summed E-state index contributed by atoms with van der Waals surface area (Å²) in [5.41, 5.74) is 5.04. The number of ether oxygens (including phenoxy) is 1. The van der Waals surface area contributed by atoms with Crippen LogP contribution < -0.4 is 15.6 Å². The van der Waals surface area contributed by atoms with Crippen molar-refractivity contribution in [3.8, 4) is 11.6 Å². The highest BCUT2D eigenvalue weighted by molar-refractivity contribution is 5.61. The summed E-state index contributed by atoms with van der Waals surface area (Å²) in [7, 11) is 0. The molecule has 0 bridgehead atoms. The first kappa shape index (κ1) is 15.6. The predicted molar refractivity (Wildman–Crippen MR) is 81.7 cm³/mol. The van der Waals surface area contributed by atoms with E-state index in [1.807, 2.05) is 26.8 Å². The van der Waals surface area contributed by atoms with Crippen LogP contribution in [0.5, 0.6) is 11.6 Å². The van der Waals surface area contributed by atoms with Gasteiger partial charge in [0.25, 0.3) is 0 Å². The Bertz CT molecular complexity index is 655. The maximum atomic E-state index is 11.3. The van der Waals surface area contributed by atoms with E-state index in [1.165, 1.54) is 6.33 Å². The Kier molecular flexibility index (Phi) is 4.52. The Morgan fingerprint density at radius 3 is 2.45 bits per heavy atom. The second kappa shape index (κ2) is 6.35. The standard InChI is InChI=1S/C14H17N5O3/c1-14(2,3)18-17-12-11(19(20)21)13(16-9-15-12)22-10-7-5-4-6-8-10/h4-9,18H,1-3H3,(H,15,16,17). The average molecular weight is 303 g/mol. The van der Waals surface area contributed by atoms with Crippen molar-refractivity contribution in [2.45, 2.75) is 26.3 Å². The van der Waals surface area contributed by atoms with Crippen LogP contribution in [0.15, 0.2) is 36.7 Å². The zero-order chi connectivity index (χ0) is 16.2. The Morgan fingerprint density at radius 2 is 1.86 bits per heavy atom. The number of benzene rings is 1. The molecular formula is C14H17N5O3. The summed E-state index contributed by atoms with van der Waals surface area (Å²) < 4.78 is 5.48. The molecule has 0 unspecified atom stereocenters. The maximum absolute atomic E-state index is 11.3. The van der Waals surface area contributed by atoms with E-state index >= 15 is 0 Å². The Morgan fingerprint density at radius 1 is 1.18 bits per heavy atom. The fraction of sp³-hybridized carbons (Fsp3) is 0.286. The molecule has 2 N–H and O–H groups in total. The van der Waals surface area contributed by atoms with Crippen LogP contribution in [0.2, 0.25) is 0 Å². The smallest absolute Gasteiger partial charge is 0.374 e. The quantitative estimate of drug-likeness (QED) is 0.646. The van der Waals surface area contributed by atoms with Gasteiger partial charge in [0, 0.05) is 5.54 Å². The van der Waals surface area contributed by atoms with E-state index in [0.717, 1.165) is 0 Å². The largest absolute Gasteiger partial charge is 0.434 e. The van der Waals surface area contributed by atoms with E-state index in [2.05, 4.69) is 20.8 Å². The molecule has 0 amide bonds. The summed E-state index contributed by atoms with van der Waals surface area (Å²) >= 11 is 0. The summed E-state index contributed by atoms with van der Waals surface area (Å²) in [5, 5.41) is 11.3. The highest BCUT2D eigenvalue weighted by atomic mass is 16.6. The van der Waals surface area contributed by atoms with Gasteiger partial charge in [-0.25, -0.2) is 10.4 Å². The van der Waals surface area contributed by atoms with Gasteiger partial charge >= 0.3 is 11.6 Å². The zero-order valence-corrected chi connectivity index (χ0v) is 12.5. The van der Waals surface area contributed by atoms with Crippen molar-refractivity contribution in [3.05, 3.63) is 46.8 Å². The third-order valence-corrected chi connectivity index (χ3v) is 2.48. The van der Waals surface area contributed by atoms with Gasteiger partial charge < -0.3 is 4.74 Å². The molecule has 0 spiro atoms. The van der Waals surface area contributed by atoms with Crippen molar-refractivity contribution >= 4 is 11.5 Å². The molecule has 0 radical (unpaired) electrons.